The Balaban J connectivity index is 1.70. The molecular formula is C16H16N4O. The highest BCUT2D eigenvalue weighted by atomic mass is 16.2. The van der Waals surface area contributed by atoms with E-state index < -0.39 is 0 Å². The molecule has 0 saturated carbocycles. The van der Waals surface area contributed by atoms with Gasteiger partial charge in [0.2, 0.25) is 5.95 Å². The van der Waals surface area contributed by atoms with Crippen LogP contribution in [0, 0.1) is 0 Å². The van der Waals surface area contributed by atoms with E-state index in [1.54, 1.807) is 23.4 Å². The zero-order valence-corrected chi connectivity index (χ0v) is 11.5. The molecule has 1 aliphatic heterocycles. The predicted octanol–water partition coefficient (Wildman–Crippen LogP) is 2.48. The summed E-state index contributed by atoms with van der Waals surface area (Å²) in [4.78, 5) is 21.9. The predicted molar refractivity (Wildman–Crippen MR) is 81.8 cm³/mol. The minimum Gasteiger partial charge on any atom is -0.336 e. The Morgan fingerprint density at radius 1 is 1.19 bits per heavy atom. The average Bonchev–Trinajstić information content (AvgIpc) is 2.90. The van der Waals surface area contributed by atoms with Gasteiger partial charge >= 0.3 is 6.03 Å². The number of benzene rings is 1. The van der Waals surface area contributed by atoms with Crippen molar-refractivity contribution in [3.8, 4) is 0 Å². The maximum absolute atomic E-state index is 11.9. The first-order valence-corrected chi connectivity index (χ1v) is 6.90. The van der Waals surface area contributed by atoms with Gasteiger partial charge in [-0.1, -0.05) is 42.5 Å². The summed E-state index contributed by atoms with van der Waals surface area (Å²) < 4.78 is 0. The highest BCUT2D eigenvalue weighted by Crippen LogP contribution is 2.18. The second-order valence-electron chi connectivity index (χ2n) is 4.81. The Morgan fingerprint density at radius 2 is 1.95 bits per heavy atom. The van der Waals surface area contributed by atoms with Crippen molar-refractivity contribution >= 4 is 18.1 Å². The van der Waals surface area contributed by atoms with Crippen molar-refractivity contribution in [3.63, 3.8) is 0 Å². The molecule has 106 valence electrons. The first-order valence-electron chi connectivity index (χ1n) is 6.90. The molecule has 1 unspecified atom stereocenters. The smallest absolute Gasteiger partial charge is 0.324 e. The molecule has 1 N–H and O–H groups in total. The molecule has 0 spiro atoms. The number of carbonyl (C=O) groups is 1. The summed E-state index contributed by atoms with van der Waals surface area (Å²) in [6.45, 7) is 0.607. The molecule has 5 heteroatoms. The number of nitrogens with zero attached hydrogens (tertiary/aromatic N) is 3. The fraction of sp³-hybridized carbons (Fsp3) is 0.188. The molecule has 1 aromatic heterocycles. The van der Waals surface area contributed by atoms with Gasteiger partial charge in [-0.3, -0.25) is 4.90 Å². The molecule has 0 aliphatic carbocycles. The lowest BCUT2D eigenvalue weighted by Gasteiger charge is -2.19. The van der Waals surface area contributed by atoms with E-state index in [-0.39, 0.29) is 12.1 Å². The molecule has 5 nitrogen and oxygen atoms in total. The molecule has 2 amide bonds. The molecule has 1 fully saturated rings. The quantitative estimate of drug-likeness (QED) is 0.936. The van der Waals surface area contributed by atoms with Gasteiger partial charge < -0.3 is 5.32 Å². The fourth-order valence-corrected chi connectivity index (χ4v) is 2.33. The van der Waals surface area contributed by atoms with E-state index in [9.17, 15) is 4.79 Å². The van der Waals surface area contributed by atoms with Crippen LogP contribution in [0.1, 0.15) is 12.0 Å². The van der Waals surface area contributed by atoms with E-state index in [1.807, 2.05) is 30.3 Å². The Morgan fingerprint density at radius 3 is 2.71 bits per heavy atom. The van der Waals surface area contributed by atoms with Crippen LogP contribution in [0.2, 0.25) is 0 Å². The van der Waals surface area contributed by atoms with Gasteiger partial charge in [0.25, 0.3) is 0 Å². The van der Waals surface area contributed by atoms with Gasteiger partial charge in [-0.15, -0.1) is 0 Å². The number of amides is 2. The number of hydrogen-bond acceptors (Lipinski definition) is 3. The molecule has 1 aliphatic rings. The molecule has 1 atom stereocenters. The lowest BCUT2D eigenvalue weighted by atomic mass is 10.1. The van der Waals surface area contributed by atoms with Crippen LogP contribution in [-0.4, -0.2) is 28.6 Å². The van der Waals surface area contributed by atoms with E-state index in [0.29, 0.717) is 12.5 Å². The van der Waals surface area contributed by atoms with Gasteiger partial charge in [0.05, 0.1) is 6.04 Å². The summed E-state index contributed by atoms with van der Waals surface area (Å²) in [5.74, 6) is 0.450. The molecule has 0 bridgehead atoms. The zero-order chi connectivity index (χ0) is 14.5. The topological polar surface area (TPSA) is 58.1 Å². The molecule has 1 aromatic carbocycles. The third-order valence-corrected chi connectivity index (χ3v) is 3.36. The number of urea groups is 1. The van der Waals surface area contributed by atoms with Crippen molar-refractivity contribution < 1.29 is 4.79 Å². The lowest BCUT2D eigenvalue weighted by Crippen LogP contribution is -2.35. The van der Waals surface area contributed by atoms with Crippen LogP contribution in [0.15, 0.2) is 54.9 Å². The summed E-state index contributed by atoms with van der Waals surface area (Å²) >= 11 is 0. The maximum atomic E-state index is 11.9. The zero-order valence-electron chi connectivity index (χ0n) is 11.5. The minimum absolute atomic E-state index is 0.0415. The summed E-state index contributed by atoms with van der Waals surface area (Å²) in [7, 11) is 0. The van der Waals surface area contributed by atoms with Crippen molar-refractivity contribution in [2.24, 2.45) is 0 Å². The van der Waals surface area contributed by atoms with Crippen molar-refractivity contribution in [2.75, 3.05) is 11.4 Å². The molecule has 3 rings (SSSR count). The van der Waals surface area contributed by atoms with E-state index >= 15 is 0 Å². The highest BCUT2D eigenvalue weighted by molar-refractivity contribution is 5.93. The van der Waals surface area contributed by atoms with Crippen LogP contribution in [0.5, 0.6) is 0 Å². The first kappa shape index (κ1) is 13.3. The number of rotatable bonds is 4. The van der Waals surface area contributed by atoms with E-state index in [4.69, 9.17) is 0 Å². The minimum atomic E-state index is -0.140. The third kappa shape index (κ3) is 3.08. The van der Waals surface area contributed by atoms with Gasteiger partial charge in [-0.25, -0.2) is 14.8 Å². The third-order valence-electron chi connectivity index (χ3n) is 3.36. The SMILES string of the molecule is O=C1NCC(C/C=C/c2ccccc2)N1c1ncccn1. The van der Waals surface area contributed by atoms with Crippen molar-refractivity contribution in [2.45, 2.75) is 12.5 Å². The molecule has 1 saturated heterocycles. The molecule has 2 aromatic rings. The van der Waals surface area contributed by atoms with Crippen LogP contribution in [0.3, 0.4) is 0 Å². The van der Waals surface area contributed by atoms with Gasteiger partial charge in [0.15, 0.2) is 0 Å². The highest BCUT2D eigenvalue weighted by Gasteiger charge is 2.32. The van der Waals surface area contributed by atoms with Gasteiger partial charge in [-0.2, -0.15) is 0 Å². The van der Waals surface area contributed by atoms with E-state index in [0.717, 1.165) is 12.0 Å². The monoisotopic (exact) mass is 280 g/mol. The Labute approximate surface area is 123 Å². The van der Waals surface area contributed by atoms with E-state index in [1.165, 1.54) is 0 Å². The number of hydrogen-bond donors (Lipinski definition) is 1. The van der Waals surface area contributed by atoms with E-state index in [2.05, 4.69) is 27.4 Å². The van der Waals surface area contributed by atoms with Crippen molar-refractivity contribution in [1.29, 1.82) is 0 Å². The maximum Gasteiger partial charge on any atom is 0.324 e. The van der Waals surface area contributed by atoms with Crippen molar-refractivity contribution in [3.05, 3.63) is 60.4 Å². The van der Waals surface area contributed by atoms with Gasteiger partial charge in [-0.05, 0) is 18.1 Å². The second kappa shape index (κ2) is 6.17. The second-order valence-corrected chi connectivity index (χ2v) is 4.81. The molecular weight excluding hydrogens is 264 g/mol. The van der Waals surface area contributed by atoms with Crippen LogP contribution in [-0.2, 0) is 0 Å². The van der Waals surface area contributed by atoms with Crippen LogP contribution in [0.25, 0.3) is 6.08 Å². The number of carbonyl (C=O) groups excluding carboxylic acids is 1. The fourth-order valence-electron chi connectivity index (χ4n) is 2.33. The van der Waals surface area contributed by atoms with Crippen LogP contribution < -0.4 is 10.2 Å². The molecule has 21 heavy (non-hydrogen) atoms. The van der Waals surface area contributed by atoms with Crippen molar-refractivity contribution in [1.82, 2.24) is 15.3 Å². The summed E-state index contributed by atoms with van der Waals surface area (Å²) in [5.41, 5.74) is 1.15. The van der Waals surface area contributed by atoms with Gasteiger partial charge in [0.1, 0.15) is 0 Å². The summed E-state index contributed by atoms with van der Waals surface area (Å²) in [5, 5.41) is 2.84. The Bertz CT molecular complexity index is 627. The van der Waals surface area contributed by atoms with Crippen LogP contribution >= 0.6 is 0 Å². The number of anilines is 1. The first-order chi connectivity index (χ1) is 10.3. The molecule has 0 radical (unpaired) electrons. The van der Waals surface area contributed by atoms with Gasteiger partial charge in [0, 0.05) is 18.9 Å². The Hall–Kier alpha value is -2.69. The number of aromatic nitrogens is 2. The largest absolute Gasteiger partial charge is 0.336 e. The molecule has 2 heterocycles. The summed E-state index contributed by atoms with van der Waals surface area (Å²) in [6, 6.07) is 11.7. The summed E-state index contributed by atoms with van der Waals surface area (Å²) in [6.07, 6.45) is 8.19. The average molecular weight is 280 g/mol. The standard InChI is InChI=1S/C16H16N4O/c21-16-19-12-14(20(16)15-17-10-5-11-18-15)9-4-8-13-6-2-1-3-7-13/h1-8,10-11,14H,9,12H2,(H,19,21)/b8-4+. The lowest BCUT2D eigenvalue weighted by molar-refractivity contribution is 0.251. The number of nitrogens with one attached hydrogen (secondary N) is 1. The Kier molecular flexibility index (Phi) is 3.91. The van der Waals surface area contributed by atoms with Crippen LogP contribution in [0.4, 0.5) is 10.7 Å². The normalized spacial score (nSPS) is 18.2.